The number of carbonyl (C=O) groups excluding carboxylic acids is 2. The lowest BCUT2D eigenvalue weighted by atomic mass is 9.77. The highest BCUT2D eigenvalue weighted by atomic mass is 32.2. The van der Waals surface area contributed by atoms with Crippen molar-refractivity contribution in [3.63, 3.8) is 0 Å². The van der Waals surface area contributed by atoms with Crippen LogP contribution < -0.4 is 10.1 Å². The van der Waals surface area contributed by atoms with Gasteiger partial charge in [0, 0.05) is 25.1 Å². The van der Waals surface area contributed by atoms with Crippen LogP contribution in [0.2, 0.25) is 0 Å². The monoisotopic (exact) mass is 562 g/mol. The van der Waals surface area contributed by atoms with Gasteiger partial charge in [0.1, 0.15) is 0 Å². The van der Waals surface area contributed by atoms with Crippen LogP contribution in [-0.2, 0) is 24.3 Å². The first-order chi connectivity index (χ1) is 18.4. The van der Waals surface area contributed by atoms with Crippen molar-refractivity contribution in [3.8, 4) is 0 Å². The van der Waals surface area contributed by atoms with E-state index in [1.807, 2.05) is 32.6 Å². The molecule has 2 amide bonds. The van der Waals surface area contributed by atoms with Crippen LogP contribution in [-0.4, -0.2) is 68.5 Å². The minimum absolute atomic E-state index is 0.0354. The van der Waals surface area contributed by atoms with Crippen LogP contribution >= 0.6 is 0 Å². The van der Waals surface area contributed by atoms with Crippen LogP contribution in [0.15, 0.2) is 34.3 Å². The number of amides is 2. The Morgan fingerprint density at radius 3 is 2.54 bits per heavy atom. The normalized spacial score (nSPS) is 26.1. The maximum absolute atomic E-state index is 13.4. The van der Waals surface area contributed by atoms with E-state index < -0.39 is 21.7 Å². The highest BCUT2D eigenvalue weighted by Crippen LogP contribution is 2.35. The van der Waals surface area contributed by atoms with Crippen LogP contribution in [0.3, 0.4) is 0 Å². The van der Waals surface area contributed by atoms with Crippen LogP contribution in [0, 0.1) is 12.3 Å². The van der Waals surface area contributed by atoms with Crippen molar-refractivity contribution in [3.05, 3.63) is 29.8 Å². The highest BCUT2D eigenvalue weighted by molar-refractivity contribution is 7.89. The number of sulfonamides is 1. The number of piperidine rings is 1. The van der Waals surface area contributed by atoms with E-state index in [-0.39, 0.29) is 28.4 Å². The molecule has 2 heterocycles. The Labute approximate surface area is 231 Å². The summed E-state index contributed by atoms with van der Waals surface area (Å²) in [6, 6.07) is 6.37. The number of nitrogens with one attached hydrogen (secondary N) is 2. The van der Waals surface area contributed by atoms with E-state index in [1.165, 1.54) is 0 Å². The van der Waals surface area contributed by atoms with Crippen LogP contribution in [0.25, 0.3) is 0 Å². The minimum atomic E-state index is -3.71. The number of rotatable bonds is 7. The Bertz CT molecular complexity index is 1160. The van der Waals surface area contributed by atoms with E-state index >= 15 is 0 Å². The average Bonchev–Trinajstić information content (AvgIpc) is 2.86. The predicted molar refractivity (Wildman–Crippen MR) is 148 cm³/mol. The molecule has 0 radical (unpaired) electrons. The van der Waals surface area contributed by atoms with Gasteiger partial charge >= 0.3 is 6.09 Å². The van der Waals surface area contributed by atoms with E-state index in [4.69, 9.17) is 9.47 Å². The number of likely N-dealkylation sites (tertiary alicyclic amines) is 1. The molecule has 2 atom stereocenters. The SMILES string of the molecule is Cc1ccc(S(=O)(=O)NN=C2CCC(OCC3N(C(=O)CC(C)(C)C)CCCC34CCOC(=O)N4)CC2)cc1. The molecule has 11 heteroatoms. The molecule has 1 aliphatic carbocycles. The molecule has 2 saturated heterocycles. The van der Waals surface area contributed by atoms with Crippen molar-refractivity contribution in [2.75, 3.05) is 19.8 Å². The van der Waals surface area contributed by atoms with E-state index in [0.29, 0.717) is 58.3 Å². The predicted octanol–water partition coefficient (Wildman–Crippen LogP) is 3.88. The number of aryl methyl sites for hydroxylation is 1. The van der Waals surface area contributed by atoms with Crippen LogP contribution in [0.5, 0.6) is 0 Å². The van der Waals surface area contributed by atoms with Crippen molar-refractivity contribution >= 4 is 27.7 Å². The molecule has 10 nitrogen and oxygen atoms in total. The Morgan fingerprint density at radius 2 is 1.90 bits per heavy atom. The largest absolute Gasteiger partial charge is 0.449 e. The number of benzene rings is 1. The fraction of sp³-hybridized carbons (Fsp3) is 0.679. The third-order valence-corrected chi connectivity index (χ3v) is 9.05. The van der Waals surface area contributed by atoms with Gasteiger partial charge in [0.2, 0.25) is 5.91 Å². The smallest absolute Gasteiger partial charge is 0.407 e. The molecule has 4 rings (SSSR count). The third kappa shape index (κ3) is 7.51. The van der Waals surface area contributed by atoms with E-state index in [0.717, 1.165) is 24.1 Å². The Hall–Kier alpha value is -2.66. The number of alkyl carbamates (subject to hydrolysis) is 1. The van der Waals surface area contributed by atoms with Crippen molar-refractivity contribution < 1.29 is 27.5 Å². The molecular formula is C28H42N4O6S. The Kier molecular flexibility index (Phi) is 8.90. The quantitative estimate of drug-likeness (QED) is 0.486. The zero-order valence-electron chi connectivity index (χ0n) is 23.5. The summed E-state index contributed by atoms with van der Waals surface area (Å²) >= 11 is 0. The number of ether oxygens (including phenoxy) is 2. The summed E-state index contributed by atoms with van der Waals surface area (Å²) in [5.74, 6) is 0.0786. The topological polar surface area (TPSA) is 126 Å². The molecule has 2 N–H and O–H groups in total. The zero-order chi connectivity index (χ0) is 28.3. The summed E-state index contributed by atoms with van der Waals surface area (Å²) in [6.45, 7) is 9.35. The molecular weight excluding hydrogens is 520 g/mol. The van der Waals surface area contributed by atoms with Gasteiger partial charge in [-0.2, -0.15) is 13.5 Å². The first-order valence-electron chi connectivity index (χ1n) is 13.9. The molecule has 1 saturated carbocycles. The second kappa shape index (κ2) is 11.8. The van der Waals surface area contributed by atoms with Crippen molar-refractivity contribution in [2.24, 2.45) is 10.5 Å². The van der Waals surface area contributed by atoms with Gasteiger partial charge in [-0.1, -0.05) is 38.5 Å². The first-order valence-corrected chi connectivity index (χ1v) is 15.4. The Balaban J connectivity index is 1.37. The number of cyclic esters (lactones) is 1. The molecule has 1 aromatic carbocycles. The second-order valence-corrected chi connectivity index (χ2v) is 13.9. The standard InChI is InChI=1S/C28H42N4O6S/c1-20-6-12-23(13-7-20)39(35,36)31-30-21-8-10-22(11-9-21)38-19-24-28(15-17-37-26(34)29-28)14-5-16-32(24)25(33)18-27(2,3)4/h6-7,12-13,22,24,31H,5,8-11,14-19H2,1-4H3,(H,29,34). The fourth-order valence-corrected chi connectivity index (χ4v) is 6.53. The molecule has 0 bridgehead atoms. The minimum Gasteiger partial charge on any atom is -0.449 e. The number of carbonyl (C=O) groups is 2. The first kappa shape index (κ1) is 29.3. The van der Waals surface area contributed by atoms with Gasteiger partial charge in [0.15, 0.2) is 0 Å². The summed E-state index contributed by atoms with van der Waals surface area (Å²) < 4.78 is 36.7. The van der Waals surface area contributed by atoms with Gasteiger partial charge in [-0.25, -0.2) is 9.63 Å². The lowest BCUT2D eigenvalue weighted by Crippen LogP contribution is -2.69. The van der Waals surface area contributed by atoms with E-state index in [9.17, 15) is 18.0 Å². The number of hydrazone groups is 1. The number of nitrogens with zero attached hydrogens (tertiary/aromatic N) is 2. The molecule has 3 fully saturated rings. The van der Waals surface area contributed by atoms with Crippen molar-refractivity contribution in [2.45, 2.75) is 102 Å². The van der Waals surface area contributed by atoms with Gasteiger partial charge in [-0.05, 0) is 63.0 Å². The average molecular weight is 563 g/mol. The van der Waals surface area contributed by atoms with E-state index in [2.05, 4.69) is 15.2 Å². The molecule has 3 aliphatic rings. The molecule has 1 spiro atoms. The number of hydrogen-bond acceptors (Lipinski definition) is 7. The van der Waals surface area contributed by atoms with E-state index in [1.54, 1.807) is 24.3 Å². The fourth-order valence-electron chi connectivity index (χ4n) is 5.68. The molecule has 1 aromatic rings. The summed E-state index contributed by atoms with van der Waals surface area (Å²) in [5.41, 5.74) is 1.07. The summed E-state index contributed by atoms with van der Waals surface area (Å²) in [7, 11) is -3.71. The van der Waals surface area contributed by atoms with Gasteiger partial charge in [-0.3, -0.25) is 4.79 Å². The Morgan fingerprint density at radius 1 is 1.21 bits per heavy atom. The zero-order valence-corrected chi connectivity index (χ0v) is 24.3. The third-order valence-electron chi connectivity index (χ3n) is 7.83. The molecule has 2 unspecified atom stereocenters. The van der Waals surface area contributed by atoms with Gasteiger partial charge < -0.3 is 19.7 Å². The van der Waals surface area contributed by atoms with Gasteiger partial charge in [0.25, 0.3) is 10.0 Å². The lowest BCUT2D eigenvalue weighted by Gasteiger charge is -2.52. The van der Waals surface area contributed by atoms with Crippen LogP contribution in [0.4, 0.5) is 4.79 Å². The maximum Gasteiger partial charge on any atom is 0.407 e. The summed E-state index contributed by atoms with van der Waals surface area (Å²) in [6.07, 6.45) is 4.82. The van der Waals surface area contributed by atoms with Gasteiger partial charge in [0.05, 0.1) is 35.8 Å². The molecule has 2 aliphatic heterocycles. The lowest BCUT2D eigenvalue weighted by molar-refractivity contribution is -0.145. The summed E-state index contributed by atoms with van der Waals surface area (Å²) in [5, 5.41) is 7.25. The molecule has 39 heavy (non-hydrogen) atoms. The molecule has 0 aromatic heterocycles. The maximum atomic E-state index is 13.4. The van der Waals surface area contributed by atoms with Crippen molar-refractivity contribution in [1.29, 1.82) is 0 Å². The van der Waals surface area contributed by atoms with Gasteiger partial charge in [-0.15, -0.1) is 0 Å². The van der Waals surface area contributed by atoms with Crippen molar-refractivity contribution in [1.82, 2.24) is 15.0 Å². The van der Waals surface area contributed by atoms with Crippen LogP contribution in [0.1, 0.15) is 77.7 Å². The highest BCUT2D eigenvalue weighted by Gasteiger charge is 2.49. The summed E-state index contributed by atoms with van der Waals surface area (Å²) in [4.78, 5) is 30.0. The number of hydrogen-bond donors (Lipinski definition) is 2. The molecule has 216 valence electrons. The second-order valence-electron chi connectivity index (χ2n) is 12.2.